The topological polar surface area (TPSA) is 99.4 Å². The number of fused-ring (bicyclic) bond motifs is 1. The normalized spacial score (nSPS) is 12.3. The first-order chi connectivity index (χ1) is 21.5. The number of amides is 1. The number of nitrogens with zero attached hydrogens (tertiary/aromatic N) is 5. The molecule has 4 heterocycles. The zero-order valence-electron chi connectivity index (χ0n) is 28.8. The SMILES string of the molecule is CCOc1ccc(N(C(=O)OC(C)(C)C)c2ccc(C(=O)c3cn([Si](C(C)C)(C(C)C)C(C)C)c4ncc(C)cc34)c(F)n2)cn1. The number of hydrogen-bond donors (Lipinski definition) is 0. The third kappa shape index (κ3) is 6.56. The highest BCUT2D eigenvalue weighted by molar-refractivity contribution is 6.82. The van der Waals surface area contributed by atoms with E-state index in [-0.39, 0.29) is 11.4 Å². The number of rotatable bonds is 10. The first kappa shape index (κ1) is 34.7. The number of pyridine rings is 3. The fourth-order valence-electron chi connectivity index (χ4n) is 6.76. The standard InChI is InChI=1S/C35H46FN5O4Si/c1-12-44-30-16-13-25(19-37-30)41(34(43)45-35(9,10)11)29-15-14-26(32(36)39-29)31(42)28-20-40(33-27(28)17-24(8)18-38-33)46(21(2)3,22(4)5)23(6)7/h13-23H,12H2,1-11H3. The Labute approximate surface area is 272 Å². The zero-order valence-corrected chi connectivity index (χ0v) is 29.8. The van der Waals surface area contributed by atoms with Crippen molar-refractivity contribution in [3.63, 3.8) is 0 Å². The Morgan fingerprint density at radius 2 is 1.61 bits per heavy atom. The average molecular weight is 648 g/mol. The van der Waals surface area contributed by atoms with E-state index in [0.717, 1.165) is 16.1 Å². The molecule has 1 amide bonds. The Bertz CT molecular complexity index is 1710. The molecule has 0 N–H and O–H groups in total. The number of aryl methyl sites for hydroxylation is 1. The molecule has 0 aliphatic heterocycles. The van der Waals surface area contributed by atoms with Gasteiger partial charge in [0.1, 0.15) is 17.1 Å². The molecule has 4 rings (SSSR count). The maximum atomic E-state index is 16.0. The molecule has 0 bridgehead atoms. The van der Waals surface area contributed by atoms with Crippen molar-refractivity contribution in [2.45, 2.75) is 98.4 Å². The Balaban J connectivity index is 1.84. The van der Waals surface area contributed by atoms with Crippen molar-refractivity contribution < 1.29 is 23.5 Å². The van der Waals surface area contributed by atoms with Crippen LogP contribution in [-0.2, 0) is 4.74 Å². The molecule has 0 aliphatic carbocycles. The van der Waals surface area contributed by atoms with E-state index in [1.54, 1.807) is 32.9 Å². The van der Waals surface area contributed by atoms with Crippen molar-refractivity contribution in [2.75, 3.05) is 11.5 Å². The van der Waals surface area contributed by atoms with Crippen molar-refractivity contribution in [2.24, 2.45) is 0 Å². The minimum atomic E-state index is -2.31. The van der Waals surface area contributed by atoms with Gasteiger partial charge in [-0.15, -0.1) is 0 Å². The number of carbonyl (C=O) groups is 2. The van der Waals surface area contributed by atoms with E-state index in [1.807, 2.05) is 32.3 Å². The fourth-order valence-corrected chi connectivity index (χ4v) is 13.3. The highest BCUT2D eigenvalue weighted by atomic mass is 28.3. The van der Waals surface area contributed by atoms with Crippen molar-refractivity contribution >= 4 is 42.7 Å². The molecule has 0 aliphatic rings. The molecule has 11 heteroatoms. The van der Waals surface area contributed by atoms with E-state index in [4.69, 9.17) is 14.5 Å². The van der Waals surface area contributed by atoms with Gasteiger partial charge >= 0.3 is 6.09 Å². The lowest BCUT2D eigenvalue weighted by Gasteiger charge is -2.44. The summed E-state index contributed by atoms with van der Waals surface area (Å²) in [6.07, 6.45) is 4.35. The Kier molecular flexibility index (Phi) is 10.1. The number of ether oxygens (including phenoxy) is 2. The maximum Gasteiger partial charge on any atom is 0.420 e. The Morgan fingerprint density at radius 1 is 0.957 bits per heavy atom. The number of carbonyl (C=O) groups excluding carboxylic acids is 2. The van der Waals surface area contributed by atoms with Crippen molar-refractivity contribution in [3.8, 4) is 5.88 Å². The van der Waals surface area contributed by atoms with Crippen molar-refractivity contribution in [3.05, 3.63) is 71.6 Å². The molecule has 4 aromatic heterocycles. The van der Waals surface area contributed by atoms with Gasteiger partial charge in [-0.3, -0.25) is 4.79 Å². The fraction of sp³-hybridized carbons (Fsp3) is 0.457. The van der Waals surface area contributed by atoms with Gasteiger partial charge in [0.25, 0.3) is 0 Å². The average Bonchev–Trinajstić information content (AvgIpc) is 3.31. The van der Waals surface area contributed by atoms with Gasteiger partial charge in [0.05, 0.1) is 24.1 Å². The number of halogens is 1. The van der Waals surface area contributed by atoms with Gasteiger partial charge in [0.2, 0.25) is 11.8 Å². The van der Waals surface area contributed by atoms with Crippen LogP contribution >= 0.6 is 0 Å². The number of anilines is 2. The maximum absolute atomic E-state index is 16.0. The minimum Gasteiger partial charge on any atom is -0.478 e. The first-order valence-corrected chi connectivity index (χ1v) is 18.0. The molecular weight excluding hydrogens is 602 g/mol. The molecular formula is C35H46FN5O4Si. The number of hydrogen-bond acceptors (Lipinski definition) is 7. The molecule has 0 unspecified atom stereocenters. The molecule has 0 spiro atoms. The number of aromatic nitrogens is 4. The molecule has 46 heavy (non-hydrogen) atoms. The second-order valence-corrected chi connectivity index (χ2v) is 19.3. The lowest BCUT2D eigenvalue weighted by molar-refractivity contribution is 0.0597. The molecule has 0 aromatic carbocycles. The summed E-state index contributed by atoms with van der Waals surface area (Å²) < 4.78 is 29.3. The summed E-state index contributed by atoms with van der Waals surface area (Å²) in [7, 11) is -2.31. The highest BCUT2D eigenvalue weighted by Crippen LogP contribution is 2.45. The molecule has 9 nitrogen and oxygen atoms in total. The summed E-state index contributed by atoms with van der Waals surface area (Å²) in [4.78, 5) is 41.8. The second-order valence-electron chi connectivity index (χ2n) is 13.6. The van der Waals surface area contributed by atoms with Crippen LogP contribution in [-0.4, -0.2) is 51.5 Å². The van der Waals surface area contributed by atoms with E-state index >= 15 is 4.39 Å². The van der Waals surface area contributed by atoms with Crippen LogP contribution in [0.2, 0.25) is 16.6 Å². The summed E-state index contributed by atoms with van der Waals surface area (Å²) >= 11 is 0. The number of ketones is 1. The van der Waals surface area contributed by atoms with Crippen molar-refractivity contribution in [1.29, 1.82) is 0 Å². The predicted octanol–water partition coefficient (Wildman–Crippen LogP) is 9.00. The second kappa shape index (κ2) is 13.3. The van der Waals surface area contributed by atoms with Gasteiger partial charge in [0.15, 0.2) is 14.0 Å². The van der Waals surface area contributed by atoms with Gasteiger partial charge in [-0.2, -0.15) is 4.39 Å². The molecule has 0 atom stereocenters. The van der Waals surface area contributed by atoms with Gasteiger partial charge in [-0.1, -0.05) is 41.5 Å². The third-order valence-electron chi connectivity index (χ3n) is 8.37. The molecule has 246 valence electrons. The smallest absolute Gasteiger partial charge is 0.420 e. The first-order valence-electron chi connectivity index (χ1n) is 15.8. The summed E-state index contributed by atoms with van der Waals surface area (Å²) in [5.41, 5.74) is 2.32. The summed E-state index contributed by atoms with van der Waals surface area (Å²) in [6.45, 7) is 22.8. The van der Waals surface area contributed by atoms with Crippen LogP contribution in [0.1, 0.15) is 90.7 Å². The largest absolute Gasteiger partial charge is 0.478 e. The minimum absolute atomic E-state index is 0.0555. The molecule has 0 saturated carbocycles. The monoisotopic (exact) mass is 647 g/mol. The van der Waals surface area contributed by atoms with Crippen LogP contribution in [0.3, 0.4) is 0 Å². The predicted molar refractivity (Wildman–Crippen MR) is 182 cm³/mol. The van der Waals surface area contributed by atoms with Crippen molar-refractivity contribution in [1.82, 2.24) is 19.2 Å². The van der Waals surface area contributed by atoms with Crippen LogP contribution < -0.4 is 9.64 Å². The van der Waals surface area contributed by atoms with Gasteiger partial charge < -0.3 is 13.7 Å². The highest BCUT2D eigenvalue weighted by Gasteiger charge is 2.46. The zero-order chi connectivity index (χ0) is 34.1. The van der Waals surface area contributed by atoms with Crippen LogP contribution in [0.4, 0.5) is 20.7 Å². The van der Waals surface area contributed by atoms with Gasteiger partial charge in [0, 0.05) is 29.4 Å². The van der Waals surface area contributed by atoms with E-state index in [9.17, 15) is 9.59 Å². The lowest BCUT2D eigenvalue weighted by atomic mass is 10.0. The van der Waals surface area contributed by atoms with E-state index in [0.29, 0.717) is 45.7 Å². The van der Waals surface area contributed by atoms with Crippen LogP contribution in [0.25, 0.3) is 11.0 Å². The van der Waals surface area contributed by atoms with E-state index in [1.165, 1.54) is 18.3 Å². The van der Waals surface area contributed by atoms with Crippen LogP contribution in [0, 0.1) is 12.9 Å². The summed E-state index contributed by atoms with van der Waals surface area (Å²) in [5.74, 6) is -1.19. The molecule has 0 saturated heterocycles. The molecule has 0 radical (unpaired) electrons. The summed E-state index contributed by atoms with van der Waals surface area (Å²) in [5, 5.41) is 0.683. The Morgan fingerprint density at radius 3 is 2.13 bits per heavy atom. The van der Waals surface area contributed by atoms with Crippen LogP contribution in [0.5, 0.6) is 5.88 Å². The van der Waals surface area contributed by atoms with E-state index < -0.39 is 31.7 Å². The third-order valence-corrected chi connectivity index (χ3v) is 15.1. The summed E-state index contributed by atoms with van der Waals surface area (Å²) in [6, 6.07) is 7.96. The van der Waals surface area contributed by atoms with E-state index in [2.05, 4.69) is 55.7 Å². The van der Waals surface area contributed by atoms with Gasteiger partial charge in [-0.05, 0) is 81.1 Å². The lowest BCUT2D eigenvalue weighted by Crippen LogP contribution is -2.51. The quantitative estimate of drug-likeness (QED) is 0.0962. The Hall–Kier alpha value is -4.12. The van der Waals surface area contributed by atoms with Crippen LogP contribution in [0.15, 0.2) is 48.9 Å². The molecule has 4 aromatic rings. The molecule has 0 fully saturated rings. The van der Waals surface area contributed by atoms with Gasteiger partial charge in [-0.25, -0.2) is 24.6 Å².